The minimum absolute atomic E-state index is 0.169. The zero-order valence-electron chi connectivity index (χ0n) is 21.3. The fraction of sp³-hybridized carbons (Fsp3) is 0.296. The topological polar surface area (TPSA) is 106 Å². The van der Waals surface area contributed by atoms with Gasteiger partial charge in [-0.25, -0.2) is 17.9 Å². The Hall–Kier alpha value is -3.60. The minimum Gasteiger partial charge on any atom is -0.379 e. The number of morpholine rings is 1. The molecule has 2 aromatic carbocycles. The standard InChI is InChI=1S/C27H29N5O4S/c1-17-7-5-6-8-22(17)29-27(33)25-24(26-28-19(3)15-20(4)32(26)30-25)21-10-9-18(2)23(16-21)37(34,35)31-11-13-36-14-12-31/h5-10,15-16H,11-14H2,1-4H3,(H,29,33). The first kappa shape index (κ1) is 25.1. The number of benzene rings is 2. The Kier molecular flexibility index (Phi) is 6.57. The lowest BCUT2D eigenvalue weighted by Crippen LogP contribution is -2.40. The van der Waals surface area contributed by atoms with E-state index in [1.54, 1.807) is 23.6 Å². The second kappa shape index (κ2) is 9.70. The van der Waals surface area contributed by atoms with E-state index in [1.165, 1.54) is 4.31 Å². The number of anilines is 1. The maximum absolute atomic E-state index is 13.6. The number of carbonyl (C=O) groups excluding carboxylic acids is 1. The second-order valence-electron chi connectivity index (χ2n) is 9.26. The van der Waals surface area contributed by atoms with Crippen LogP contribution in [-0.4, -0.2) is 59.5 Å². The van der Waals surface area contributed by atoms with Crippen LogP contribution in [0.5, 0.6) is 0 Å². The predicted molar refractivity (Wildman–Crippen MR) is 141 cm³/mol. The van der Waals surface area contributed by atoms with E-state index in [2.05, 4.69) is 15.4 Å². The Balaban J connectivity index is 1.68. The average Bonchev–Trinajstić information content (AvgIpc) is 3.26. The van der Waals surface area contributed by atoms with Gasteiger partial charge in [-0.05, 0) is 62.6 Å². The summed E-state index contributed by atoms with van der Waals surface area (Å²) in [6, 6.07) is 14.6. The number of carbonyl (C=O) groups is 1. The number of rotatable bonds is 5. The zero-order chi connectivity index (χ0) is 26.3. The van der Waals surface area contributed by atoms with Crippen LogP contribution in [0.3, 0.4) is 0 Å². The van der Waals surface area contributed by atoms with Crippen LogP contribution < -0.4 is 5.32 Å². The Morgan fingerprint density at radius 2 is 1.70 bits per heavy atom. The van der Waals surface area contributed by atoms with Crippen molar-refractivity contribution < 1.29 is 17.9 Å². The van der Waals surface area contributed by atoms with Gasteiger partial charge in [0.15, 0.2) is 11.3 Å². The first-order valence-corrected chi connectivity index (χ1v) is 13.5. The van der Waals surface area contributed by atoms with E-state index < -0.39 is 15.9 Å². The molecule has 192 valence electrons. The Labute approximate surface area is 216 Å². The third kappa shape index (κ3) is 4.63. The van der Waals surface area contributed by atoms with Gasteiger partial charge < -0.3 is 10.1 Å². The maximum atomic E-state index is 13.6. The smallest absolute Gasteiger partial charge is 0.276 e. The molecule has 0 spiro atoms. The molecule has 1 saturated heterocycles. The summed E-state index contributed by atoms with van der Waals surface area (Å²) >= 11 is 0. The molecule has 4 aromatic rings. The average molecular weight is 520 g/mol. The van der Waals surface area contributed by atoms with Crippen LogP contribution in [0.2, 0.25) is 0 Å². The molecule has 0 aliphatic carbocycles. The van der Waals surface area contributed by atoms with Crippen LogP contribution in [0.4, 0.5) is 5.69 Å². The molecule has 2 aromatic heterocycles. The van der Waals surface area contributed by atoms with E-state index in [4.69, 9.17) is 4.74 Å². The molecule has 3 heterocycles. The number of nitrogens with zero attached hydrogens (tertiary/aromatic N) is 4. The van der Waals surface area contributed by atoms with E-state index in [0.717, 1.165) is 17.0 Å². The molecule has 37 heavy (non-hydrogen) atoms. The van der Waals surface area contributed by atoms with Crippen molar-refractivity contribution in [2.45, 2.75) is 32.6 Å². The molecule has 0 atom stereocenters. The number of nitrogens with one attached hydrogen (secondary N) is 1. The van der Waals surface area contributed by atoms with Crippen LogP contribution in [0.25, 0.3) is 16.8 Å². The van der Waals surface area contributed by atoms with Crippen molar-refractivity contribution >= 4 is 27.3 Å². The number of hydrogen-bond acceptors (Lipinski definition) is 6. The third-order valence-corrected chi connectivity index (χ3v) is 8.61. The highest BCUT2D eigenvalue weighted by molar-refractivity contribution is 7.89. The summed E-state index contributed by atoms with van der Waals surface area (Å²) in [6.45, 7) is 8.77. The van der Waals surface area contributed by atoms with Gasteiger partial charge in [-0.1, -0.05) is 30.3 Å². The molecule has 1 N–H and O–H groups in total. The monoisotopic (exact) mass is 519 g/mol. The van der Waals surface area contributed by atoms with Gasteiger partial charge in [0, 0.05) is 30.2 Å². The van der Waals surface area contributed by atoms with Crippen molar-refractivity contribution in [2.24, 2.45) is 0 Å². The number of amides is 1. The Bertz CT molecular complexity index is 1620. The van der Waals surface area contributed by atoms with E-state index in [-0.39, 0.29) is 10.6 Å². The second-order valence-corrected chi connectivity index (χ2v) is 11.2. The number of aryl methyl sites for hydroxylation is 4. The van der Waals surface area contributed by atoms with Crippen molar-refractivity contribution in [3.63, 3.8) is 0 Å². The number of hydrogen-bond donors (Lipinski definition) is 1. The molecule has 1 fully saturated rings. The summed E-state index contributed by atoms with van der Waals surface area (Å²) in [5.74, 6) is -0.398. The summed E-state index contributed by atoms with van der Waals surface area (Å²) < 4.78 is 35.5. The number of fused-ring (bicyclic) bond motifs is 1. The number of sulfonamides is 1. The molecule has 10 heteroatoms. The number of para-hydroxylation sites is 1. The highest BCUT2D eigenvalue weighted by atomic mass is 32.2. The molecule has 1 amide bonds. The van der Waals surface area contributed by atoms with Crippen molar-refractivity contribution in [3.05, 3.63) is 76.7 Å². The van der Waals surface area contributed by atoms with Gasteiger partial charge in [0.25, 0.3) is 5.91 Å². The molecule has 1 aliphatic rings. The van der Waals surface area contributed by atoms with Gasteiger partial charge in [-0.3, -0.25) is 4.79 Å². The van der Waals surface area contributed by atoms with E-state index in [0.29, 0.717) is 54.3 Å². The van der Waals surface area contributed by atoms with E-state index in [9.17, 15) is 13.2 Å². The van der Waals surface area contributed by atoms with Crippen LogP contribution in [0.15, 0.2) is 53.4 Å². The van der Waals surface area contributed by atoms with Gasteiger partial charge in [0.1, 0.15) is 0 Å². The lowest BCUT2D eigenvalue weighted by atomic mass is 10.0. The highest BCUT2D eigenvalue weighted by Crippen LogP contribution is 2.33. The van der Waals surface area contributed by atoms with Crippen molar-refractivity contribution in [1.82, 2.24) is 18.9 Å². The molecule has 0 bridgehead atoms. The van der Waals surface area contributed by atoms with Crippen LogP contribution in [0, 0.1) is 27.7 Å². The Morgan fingerprint density at radius 1 is 0.973 bits per heavy atom. The predicted octanol–water partition coefficient (Wildman–Crippen LogP) is 3.90. The van der Waals surface area contributed by atoms with Crippen LogP contribution >= 0.6 is 0 Å². The molecule has 1 aliphatic heterocycles. The van der Waals surface area contributed by atoms with Gasteiger partial charge in [0.2, 0.25) is 10.0 Å². The first-order chi connectivity index (χ1) is 17.7. The van der Waals surface area contributed by atoms with Crippen molar-refractivity contribution in [1.29, 1.82) is 0 Å². The molecular weight excluding hydrogens is 490 g/mol. The minimum atomic E-state index is -3.76. The number of ether oxygens (including phenoxy) is 1. The molecule has 0 unspecified atom stereocenters. The molecule has 0 saturated carbocycles. The van der Waals surface area contributed by atoms with Gasteiger partial charge in [-0.15, -0.1) is 0 Å². The molecule has 9 nitrogen and oxygen atoms in total. The fourth-order valence-corrected chi connectivity index (χ4v) is 6.26. The highest BCUT2D eigenvalue weighted by Gasteiger charge is 2.30. The summed E-state index contributed by atoms with van der Waals surface area (Å²) in [7, 11) is -3.76. The maximum Gasteiger partial charge on any atom is 0.276 e. The fourth-order valence-electron chi connectivity index (χ4n) is 4.60. The van der Waals surface area contributed by atoms with Crippen molar-refractivity contribution in [2.75, 3.05) is 31.6 Å². The zero-order valence-corrected chi connectivity index (χ0v) is 22.1. The summed E-state index contributed by atoms with van der Waals surface area (Å²) in [5, 5.41) is 7.58. The summed E-state index contributed by atoms with van der Waals surface area (Å²) in [5.41, 5.74) is 5.50. The number of aromatic nitrogens is 3. The lowest BCUT2D eigenvalue weighted by Gasteiger charge is -2.26. The molecule has 5 rings (SSSR count). The van der Waals surface area contributed by atoms with E-state index >= 15 is 0 Å². The van der Waals surface area contributed by atoms with Crippen LogP contribution in [0.1, 0.15) is 33.0 Å². The third-order valence-electron chi connectivity index (χ3n) is 6.57. The quantitative estimate of drug-likeness (QED) is 0.429. The lowest BCUT2D eigenvalue weighted by molar-refractivity contribution is 0.0730. The SMILES string of the molecule is Cc1cc(C)n2nc(C(=O)Nc3ccccc3C)c(-c3ccc(C)c(S(=O)(=O)N4CCOCC4)c3)c2n1. The van der Waals surface area contributed by atoms with Crippen molar-refractivity contribution in [3.8, 4) is 11.1 Å². The summed E-state index contributed by atoms with van der Waals surface area (Å²) in [4.78, 5) is 18.5. The Morgan fingerprint density at radius 3 is 2.43 bits per heavy atom. The van der Waals surface area contributed by atoms with E-state index in [1.807, 2.05) is 57.2 Å². The van der Waals surface area contributed by atoms with Gasteiger partial charge in [0.05, 0.1) is 23.7 Å². The molecule has 0 radical (unpaired) electrons. The summed E-state index contributed by atoms with van der Waals surface area (Å²) in [6.07, 6.45) is 0. The largest absolute Gasteiger partial charge is 0.379 e. The molecular formula is C27H29N5O4S. The normalized spacial score (nSPS) is 14.7. The first-order valence-electron chi connectivity index (χ1n) is 12.1. The van der Waals surface area contributed by atoms with Gasteiger partial charge >= 0.3 is 0 Å². The van der Waals surface area contributed by atoms with Crippen LogP contribution in [-0.2, 0) is 14.8 Å². The van der Waals surface area contributed by atoms with Gasteiger partial charge in [-0.2, -0.15) is 9.40 Å².